The Morgan fingerprint density at radius 1 is 1.17 bits per heavy atom. The second kappa shape index (κ2) is 6.95. The van der Waals surface area contributed by atoms with Crippen LogP contribution in [0, 0.1) is 5.82 Å². The number of carbonyl (C=O) groups is 1. The molecule has 1 N–H and O–H groups in total. The average Bonchev–Trinajstić information content (AvgIpc) is 3.04. The third-order valence-corrected chi connectivity index (χ3v) is 3.40. The molecule has 1 amide bonds. The average molecular weight is 326 g/mol. The summed E-state index contributed by atoms with van der Waals surface area (Å²) in [7, 11) is 1.58. The minimum Gasteiger partial charge on any atom is -0.497 e. The number of carbonyl (C=O) groups excluding carboxylic acids is 1. The number of halogens is 1. The first-order chi connectivity index (χ1) is 11.6. The Morgan fingerprint density at radius 2 is 1.88 bits per heavy atom. The first-order valence-corrected chi connectivity index (χ1v) is 7.29. The highest BCUT2D eigenvalue weighted by Gasteiger charge is 2.11. The van der Waals surface area contributed by atoms with Gasteiger partial charge in [0, 0.05) is 17.3 Å². The maximum atomic E-state index is 12.9. The maximum absolute atomic E-state index is 12.9. The Hall–Kier alpha value is -3.15. The van der Waals surface area contributed by atoms with Crippen molar-refractivity contribution in [2.24, 2.45) is 0 Å². The standard InChI is InChI=1S/C18H15FN2O3/c1-23-16-8-6-14(7-9-16)20-18(22)11-15-10-17(24-21-15)12-2-4-13(19)5-3-12/h2-10H,11H2,1H3,(H,20,22). The number of hydrogen-bond donors (Lipinski definition) is 1. The van der Waals surface area contributed by atoms with Gasteiger partial charge in [-0.2, -0.15) is 0 Å². The largest absolute Gasteiger partial charge is 0.497 e. The van der Waals surface area contributed by atoms with Crippen LogP contribution in [-0.2, 0) is 11.2 Å². The predicted octanol–water partition coefficient (Wildman–Crippen LogP) is 3.67. The van der Waals surface area contributed by atoms with E-state index in [9.17, 15) is 9.18 Å². The fourth-order valence-electron chi connectivity index (χ4n) is 2.19. The second-order valence-corrected chi connectivity index (χ2v) is 5.14. The number of benzene rings is 2. The smallest absolute Gasteiger partial charge is 0.230 e. The minimum atomic E-state index is -0.322. The molecular weight excluding hydrogens is 311 g/mol. The van der Waals surface area contributed by atoms with Gasteiger partial charge in [0.2, 0.25) is 5.91 Å². The number of methoxy groups -OCH3 is 1. The quantitative estimate of drug-likeness (QED) is 0.777. The van der Waals surface area contributed by atoms with E-state index in [4.69, 9.17) is 9.26 Å². The highest BCUT2D eigenvalue weighted by Crippen LogP contribution is 2.21. The summed E-state index contributed by atoms with van der Waals surface area (Å²) in [5.41, 5.74) is 1.87. The summed E-state index contributed by atoms with van der Waals surface area (Å²) in [6, 6.07) is 14.6. The molecule has 0 aliphatic rings. The predicted molar refractivity (Wildman–Crippen MR) is 87.2 cm³/mol. The lowest BCUT2D eigenvalue weighted by molar-refractivity contribution is -0.115. The molecule has 6 heteroatoms. The van der Waals surface area contributed by atoms with Crippen molar-refractivity contribution in [2.75, 3.05) is 12.4 Å². The summed E-state index contributed by atoms with van der Waals surface area (Å²) < 4.78 is 23.2. The van der Waals surface area contributed by atoms with Crippen LogP contribution in [0.5, 0.6) is 5.75 Å². The third-order valence-electron chi connectivity index (χ3n) is 3.40. The van der Waals surface area contributed by atoms with E-state index in [1.807, 2.05) is 0 Å². The number of aromatic nitrogens is 1. The summed E-state index contributed by atoms with van der Waals surface area (Å²) in [6.45, 7) is 0. The van der Waals surface area contributed by atoms with E-state index in [2.05, 4.69) is 10.5 Å². The first kappa shape index (κ1) is 15.7. The van der Waals surface area contributed by atoms with E-state index in [-0.39, 0.29) is 18.1 Å². The topological polar surface area (TPSA) is 64.4 Å². The molecule has 0 bridgehead atoms. The van der Waals surface area contributed by atoms with E-state index >= 15 is 0 Å². The van der Waals surface area contributed by atoms with Crippen molar-refractivity contribution in [1.29, 1.82) is 0 Å². The lowest BCUT2D eigenvalue weighted by Gasteiger charge is -2.05. The van der Waals surface area contributed by atoms with Crippen molar-refractivity contribution < 1.29 is 18.4 Å². The van der Waals surface area contributed by atoms with Gasteiger partial charge in [-0.05, 0) is 48.5 Å². The van der Waals surface area contributed by atoms with Gasteiger partial charge in [-0.25, -0.2) is 4.39 Å². The summed E-state index contributed by atoms with van der Waals surface area (Å²) in [5, 5.41) is 6.65. The van der Waals surface area contributed by atoms with Gasteiger partial charge in [0.1, 0.15) is 11.6 Å². The highest BCUT2D eigenvalue weighted by molar-refractivity contribution is 5.92. The van der Waals surface area contributed by atoms with Crippen molar-refractivity contribution in [1.82, 2.24) is 5.16 Å². The molecular formula is C18H15FN2O3. The number of nitrogens with one attached hydrogen (secondary N) is 1. The molecule has 1 heterocycles. The van der Waals surface area contributed by atoms with Crippen LogP contribution in [0.1, 0.15) is 5.69 Å². The van der Waals surface area contributed by atoms with Gasteiger partial charge in [0.15, 0.2) is 5.76 Å². The molecule has 0 saturated heterocycles. The zero-order valence-corrected chi connectivity index (χ0v) is 13.0. The molecule has 0 radical (unpaired) electrons. The maximum Gasteiger partial charge on any atom is 0.230 e. The molecule has 0 spiro atoms. The Balaban J connectivity index is 1.63. The normalized spacial score (nSPS) is 10.4. The first-order valence-electron chi connectivity index (χ1n) is 7.29. The van der Waals surface area contributed by atoms with Crippen LogP contribution in [0.25, 0.3) is 11.3 Å². The molecule has 3 rings (SSSR count). The number of anilines is 1. The number of amides is 1. The van der Waals surface area contributed by atoms with E-state index in [0.717, 1.165) is 0 Å². The Bertz CT molecular complexity index is 826. The second-order valence-electron chi connectivity index (χ2n) is 5.14. The molecule has 0 aliphatic carbocycles. The summed E-state index contributed by atoms with van der Waals surface area (Å²) >= 11 is 0. The number of ether oxygens (including phenoxy) is 1. The van der Waals surface area contributed by atoms with Gasteiger partial charge in [0.05, 0.1) is 19.2 Å². The minimum absolute atomic E-state index is 0.0801. The molecule has 0 atom stereocenters. The van der Waals surface area contributed by atoms with Crippen molar-refractivity contribution in [3.05, 3.63) is 66.1 Å². The van der Waals surface area contributed by atoms with Gasteiger partial charge < -0.3 is 14.6 Å². The molecule has 2 aromatic carbocycles. The molecule has 5 nitrogen and oxygen atoms in total. The Morgan fingerprint density at radius 3 is 2.54 bits per heavy atom. The Labute approximate surface area is 138 Å². The number of hydrogen-bond acceptors (Lipinski definition) is 4. The molecule has 0 fully saturated rings. The van der Waals surface area contributed by atoms with Gasteiger partial charge in [-0.15, -0.1) is 0 Å². The Kier molecular flexibility index (Phi) is 4.56. The number of rotatable bonds is 5. The summed E-state index contributed by atoms with van der Waals surface area (Å²) in [6.07, 6.45) is 0.0801. The molecule has 0 unspecified atom stereocenters. The van der Waals surface area contributed by atoms with Gasteiger partial charge in [-0.3, -0.25) is 4.79 Å². The number of nitrogens with zero attached hydrogens (tertiary/aromatic N) is 1. The van der Waals surface area contributed by atoms with Crippen molar-refractivity contribution in [3.63, 3.8) is 0 Å². The van der Waals surface area contributed by atoms with Crippen LogP contribution in [0.4, 0.5) is 10.1 Å². The van der Waals surface area contributed by atoms with Crippen LogP contribution in [0.15, 0.2) is 59.1 Å². The van der Waals surface area contributed by atoms with Crippen LogP contribution in [0.3, 0.4) is 0 Å². The third kappa shape index (κ3) is 3.78. The highest BCUT2D eigenvalue weighted by atomic mass is 19.1. The summed E-state index contributed by atoms with van der Waals surface area (Å²) in [4.78, 5) is 12.1. The van der Waals surface area contributed by atoms with Crippen molar-refractivity contribution in [3.8, 4) is 17.1 Å². The van der Waals surface area contributed by atoms with Gasteiger partial charge in [0.25, 0.3) is 0 Å². The van der Waals surface area contributed by atoms with E-state index < -0.39 is 0 Å². The van der Waals surface area contributed by atoms with Crippen LogP contribution < -0.4 is 10.1 Å². The summed E-state index contributed by atoms with van der Waals surface area (Å²) in [5.74, 6) is 0.673. The lowest BCUT2D eigenvalue weighted by Crippen LogP contribution is -2.14. The monoisotopic (exact) mass is 326 g/mol. The van der Waals surface area contributed by atoms with E-state index in [1.165, 1.54) is 12.1 Å². The fraction of sp³-hybridized carbons (Fsp3) is 0.111. The molecule has 122 valence electrons. The van der Waals surface area contributed by atoms with Gasteiger partial charge in [-0.1, -0.05) is 5.16 Å². The van der Waals surface area contributed by atoms with E-state index in [0.29, 0.717) is 28.5 Å². The fourth-order valence-corrected chi connectivity index (χ4v) is 2.19. The van der Waals surface area contributed by atoms with Crippen LogP contribution in [0.2, 0.25) is 0 Å². The zero-order chi connectivity index (χ0) is 16.9. The SMILES string of the molecule is COc1ccc(NC(=O)Cc2cc(-c3ccc(F)cc3)on2)cc1. The molecule has 3 aromatic rings. The van der Waals surface area contributed by atoms with Crippen LogP contribution in [-0.4, -0.2) is 18.2 Å². The lowest BCUT2D eigenvalue weighted by atomic mass is 10.1. The molecule has 1 aromatic heterocycles. The van der Waals surface area contributed by atoms with Gasteiger partial charge >= 0.3 is 0 Å². The molecule has 24 heavy (non-hydrogen) atoms. The zero-order valence-electron chi connectivity index (χ0n) is 13.0. The van der Waals surface area contributed by atoms with E-state index in [1.54, 1.807) is 49.6 Å². The van der Waals surface area contributed by atoms with Crippen molar-refractivity contribution in [2.45, 2.75) is 6.42 Å². The molecule has 0 saturated carbocycles. The molecule has 0 aliphatic heterocycles. The van der Waals surface area contributed by atoms with Crippen molar-refractivity contribution >= 4 is 11.6 Å². The van der Waals surface area contributed by atoms with Crippen LogP contribution >= 0.6 is 0 Å².